The van der Waals surface area contributed by atoms with Crippen molar-refractivity contribution in [2.75, 3.05) is 13.1 Å². The van der Waals surface area contributed by atoms with Gasteiger partial charge in [-0.05, 0) is 46.8 Å². The largest absolute Gasteiger partial charge is 0.316 e. The van der Waals surface area contributed by atoms with Crippen LogP contribution in [0.3, 0.4) is 0 Å². The average molecular weight is 280 g/mol. The monoisotopic (exact) mass is 279 g/mol. The molecule has 1 aliphatic heterocycles. The third-order valence-corrected chi connectivity index (χ3v) is 3.91. The fourth-order valence-corrected chi connectivity index (χ4v) is 2.88. The smallest absolute Gasteiger partial charge is 0.108 e. The molecule has 1 saturated heterocycles. The molecule has 3 nitrogen and oxygen atoms in total. The Morgan fingerprint density at radius 2 is 2.31 bits per heavy atom. The SMILES string of the molecule is Brc1[nH]nc2c(C3CCCNC3)cccc12. The molecule has 3 rings (SSSR count). The van der Waals surface area contributed by atoms with Crippen LogP contribution in [0.1, 0.15) is 24.3 Å². The van der Waals surface area contributed by atoms with Gasteiger partial charge in [0.25, 0.3) is 0 Å². The number of aromatic nitrogens is 2. The van der Waals surface area contributed by atoms with Crippen LogP contribution in [-0.2, 0) is 0 Å². The second-order valence-electron chi connectivity index (χ2n) is 4.32. The zero-order valence-corrected chi connectivity index (χ0v) is 10.5. The van der Waals surface area contributed by atoms with Gasteiger partial charge in [-0.15, -0.1) is 0 Å². The molecular weight excluding hydrogens is 266 g/mol. The fraction of sp³-hybridized carbons (Fsp3) is 0.417. The van der Waals surface area contributed by atoms with Crippen LogP contribution in [0.4, 0.5) is 0 Å². The van der Waals surface area contributed by atoms with E-state index in [1.165, 1.54) is 23.8 Å². The lowest BCUT2D eigenvalue weighted by atomic mass is 9.90. The topological polar surface area (TPSA) is 40.7 Å². The summed E-state index contributed by atoms with van der Waals surface area (Å²) in [6, 6.07) is 6.42. The number of halogens is 1. The minimum atomic E-state index is 0.604. The number of H-pyrrole nitrogens is 1. The summed E-state index contributed by atoms with van der Waals surface area (Å²) in [5, 5.41) is 12.0. The van der Waals surface area contributed by atoms with Gasteiger partial charge in [0.2, 0.25) is 0 Å². The van der Waals surface area contributed by atoms with Crippen molar-refractivity contribution in [3.05, 3.63) is 28.4 Å². The van der Waals surface area contributed by atoms with Gasteiger partial charge in [0.1, 0.15) is 4.60 Å². The fourth-order valence-electron chi connectivity index (χ4n) is 2.48. The Bertz CT molecular complexity index is 500. The van der Waals surface area contributed by atoms with Gasteiger partial charge in [0.15, 0.2) is 0 Å². The van der Waals surface area contributed by atoms with Gasteiger partial charge in [-0.1, -0.05) is 18.2 Å². The van der Waals surface area contributed by atoms with Crippen LogP contribution in [0.2, 0.25) is 0 Å². The van der Waals surface area contributed by atoms with E-state index in [9.17, 15) is 0 Å². The molecule has 2 heterocycles. The third kappa shape index (κ3) is 1.66. The van der Waals surface area contributed by atoms with E-state index in [4.69, 9.17) is 0 Å². The van der Waals surface area contributed by atoms with Crippen LogP contribution < -0.4 is 5.32 Å². The Labute approximate surface area is 103 Å². The number of para-hydroxylation sites is 1. The van der Waals surface area contributed by atoms with Gasteiger partial charge in [0, 0.05) is 11.9 Å². The highest BCUT2D eigenvalue weighted by atomic mass is 79.9. The molecule has 1 unspecified atom stereocenters. The van der Waals surface area contributed by atoms with Crippen molar-refractivity contribution in [2.45, 2.75) is 18.8 Å². The molecule has 0 aliphatic carbocycles. The van der Waals surface area contributed by atoms with Crippen LogP contribution in [0.25, 0.3) is 10.9 Å². The van der Waals surface area contributed by atoms with Crippen LogP contribution in [0, 0.1) is 0 Å². The summed E-state index contributed by atoms with van der Waals surface area (Å²) >= 11 is 3.49. The van der Waals surface area contributed by atoms with Crippen LogP contribution in [-0.4, -0.2) is 23.3 Å². The minimum absolute atomic E-state index is 0.604. The van der Waals surface area contributed by atoms with Crippen molar-refractivity contribution in [3.63, 3.8) is 0 Å². The molecule has 1 aromatic carbocycles. The molecule has 84 valence electrons. The Morgan fingerprint density at radius 1 is 1.38 bits per heavy atom. The number of aromatic amines is 1. The number of fused-ring (bicyclic) bond motifs is 1. The van der Waals surface area contributed by atoms with E-state index in [1.54, 1.807) is 0 Å². The zero-order chi connectivity index (χ0) is 11.0. The van der Waals surface area contributed by atoms with Crippen molar-refractivity contribution < 1.29 is 0 Å². The van der Waals surface area contributed by atoms with E-state index < -0.39 is 0 Å². The number of hydrogen-bond acceptors (Lipinski definition) is 2. The van der Waals surface area contributed by atoms with E-state index in [0.717, 1.165) is 23.2 Å². The highest BCUT2D eigenvalue weighted by Gasteiger charge is 2.18. The van der Waals surface area contributed by atoms with E-state index in [-0.39, 0.29) is 0 Å². The van der Waals surface area contributed by atoms with E-state index in [2.05, 4.69) is 49.6 Å². The second-order valence-corrected chi connectivity index (χ2v) is 5.12. The highest BCUT2D eigenvalue weighted by molar-refractivity contribution is 9.10. The molecule has 1 aliphatic rings. The number of piperidine rings is 1. The normalized spacial score (nSPS) is 21.4. The molecule has 0 saturated carbocycles. The predicted molar refractivity (Wildman–Crippen MR) is 68.6 cm³/mol. The summed E-state index contributed by atoms with van der Waals surface area (Å²) in [4.78, 5) is 0. The molecule has 1 atom stereocenters. The first-order chi connectivity index (χ1) is 7.86. The minimum Gasteiger partial charge on any atom is -0.316 e. The maximum absolute atomic E-state index is 4.39. The lowest BCUT2D eigenvalue weighted by Gasteiger charge is -2.23. The van der Waals surface area contributed by atoms with Gasteiger partial charge in [0.05, 0.1) is 5.52 Å². The van der Waals surface area contributed by atoms with E-state index >= 15 is 0 Å². The zero-order valence-electron chi connectivity index (χ0n) is 8.96. The Kier molecular flexibility index (Phi) is 2.69. The molecule has 1 fully saturated rings. The number of nitrogens with one attached hydrogen (secondary N) is 2. The Morgan fingerprint density at radius 3 is 3.12 bits per heavy atom. The van der Waals surface area contributed by atoms with Gasteiger partial charge >= 0.3 is 0 Å². The van der Waals surface area contributed by atoms with E-state index in [0.29, 0.717) is 5.92 Å². The molecule has 2 N–H and O–H groups in total. The average Bonchev–Trinajstić information content (AvgIpc) is 2.73. The van der Waals surface area contributed by atoms with Crippen molar-refractivity contribution in [1.29, 1.82) is 0 Å². The molecule has 16 heavy (non-hydrogen) atoms. The Hall–Kier alpha value is -0.870. The highest BCUT2D eigenvalue weighted by Crippen LogP contribution is 2.31. The molecule has 2 aromatic rings. The summed E-state index contributed by atoms with van der Waals surface area (Å²) in [5.41, 5.74) is 2.48. The summed E-state index contributed by atoms with van der Waals surface area (Å²) in [6.45, 7) is 2.22. The summed E-state index contributed by atoms with van der Waals surface area (Å²) < 4.78 is 0.980. The molecule has 1 aromatic heterocycles. The molecular formula is C12H14BrN3. The van der Waals surface area contributed by atoms with Crippen molar-refractivity contribution >= 4 is 26.8 Å². The maximum atomic E-state index is 4.39. The van der Waals surface area contributed by atoms with Crippen LogP contribution >= 0.6 is 15.9 Å². The predicted octanol–water partition coefficient (Wildman–Crippen LogP) is 2.79. The Balaban J connectivity index is 2.08. The van der Waals surface area contributed by atoms with Gasteiger partial charge < -0.3 is 5.32 Å². The number of rotatable bonds is 1. The molecule has 0 spiro atoms. The van der Waals surface area contributed by atoms with Crippen LogP contribution in [0.5, 0.6) is 0 Å². The number of nitrogens with zero attached hydrogens (tertiary/aromatic N) is 1. The van der Waals surface area contributed by atoms with Gasteiger partial charge in [-0.3, -0.25) is 5.10 Å². The molecule has 0 bridgehead atoms. The quantitative estimate of drug-likeness (QED) is 0.843. The molecule has 0 amide bonds. The van der Waals surface area contributed by atoms with Crippen molar-refractivity contribution in [3.8, 4) is 0 Å². The standard InChI is InChI=1S/C12H14BrN3/c13-12-10-5-1-4-9(11(10)15-16-12)8-3-2-6-14-7-8/h1,4-5,8,14H,2-3,6-7H2,(H,15,16). The second kappa shape index (κ2) is 4.18. The lowest BCUT2D eigenvalue weighted by molar-refractivity contribution is 0.463. The molecule has 4 heteroatoms. The van der Waals surface area contributed by atoms with Crippen molar-refractivity contribution in [2.24, 2.45) is 0 Å². The van der Waals surface area contributed by atoms with Gasteiger partial charge in [-0.25, -0.2) is 0 Å². The van der Waals surface area contributed by atoms with Gasteiger partial charge in [-0.2, -0.15) is 5.10 Å². The first-order valence-corrected chi connectivity index (χ1v) is 6.49. The summed E-state index contributed by atoms with van der Waals surface area (Å²) in [5.74, 6) is 0.604. The third-order valence-electron chi connectivity index (χ3n) is 3.31. The summed E-state index contributed by atoms with van der Waals surface area (Å²) in [6.07, 6.45) is 2.52. The van der Waals surface area contributed by atoms with Crippen LogP contribution in [0.15, 0.2) is 22.8 Å². The first-order valence-electron chi connectivity index (χ1n) is 5.69. The number of hydrogen-bond donors (Lipinski definition) is 2. The van der Waals surface area contributed by atoms with Crippen molar-refractivity contribution in [1.82, 2.24) is 15.5 Å². The molecule has 0 radical (unpaired) electrons. The lowest BCUT2D eigenvalue weighted by Crippen LogP contribution is -2.28. The number of benzene rings is 1. The van der Waals surface area contributed by atoms with E-state index in [1.807, 2.05) is 0 Å². The maximum Gasteiger partial charge on any atom is 0.108 e. The first kappa shape index (κ1) is 10.3. The summed E-state index contributed by atoms with van der Waals surface area (Å²) in [7, 11) is 0.